The lowest BCUT2D eigenvalue weighted by Gasteiger charge is -2.39. The Bertz CT molecular complexity index is 402. The third-order valence-electron chi connectivity index (χ3n) is 4.36. The molecular formula is C15H27N3O. The summed E-state index contributed by atoms with van der Waals surface area (Å²) < 4.78 is 1.96. The molecular weight excluding hydrogens is 238 g/mol. The molecule has 0 amide bonds. The summed E-state index contributed by atoms with van der Waals surface area (Å²) >= 11 is 0. The topological polar surface area (TPSA) is 50.9 Å². The Hall–Kier alpha value is -0.900. The smallest absolute Gasteiger partial charge is 0.138 e. The van der Waals surface area contributed by atoms with Gasteiger partial charge in [0.25, 0.3) is 0 Å². The highest BCUT2D eigenvalue weighted by Gasteiger charge is 2.38. The van der Waals surface area contributed by atoms with Crippen LogP contribution in [0.25, 0.3) is 0 Å². The molecule has 0 saturated heterocycles. The van der Waals surface area contributed by atoms with Gasteiger partial charge >= 0.3 is 0 Å². The summed E-state index contributed by atoms with van der Waals surface area (Å²) in [5.41, 5.74) is -0.575. The molecule has 4 heteroatoms. The first-order valence-electron chi connectivity index (χ1n) is 7.64. The van der Waals surface area contributed by atoms with E-state index in [1.165, 1.54) is 6.42 Å². The molecule has 1 fully saturated rings. The maximum atomic E-state index is 11.0. The summed E-state index contributed by atoms with van der Waals surface area (Å²) in [6, 6.07) is 0. The zero-order valence-electron chi connectivity index (χ0n) is 12.5. The van der Waals surface area contributed by atoms with Crippen LogP contribution in [0.4, 0.5) is 0 Å². The third-order valence-corrected chi connectivity index (χ3v) is 4.36. The molecule has 2 atom stereocenters. The molecule has 1 aliphatic rings. The predicted molar refractivity (Wildman–Crippen MR) is 75.8 cm³/mol. The minimum Gasteiger partial charge on any atom is -0.389 e. The highest BCUT2D eigenvalue weighted by molar-refractivity contribution is 4.99. The van der Waals surface area contributed by atoms with E-state index in [1.54, 1.807) is 6.33 Å². The molecule has 19 heavy (non-hydrogen) atoms. The van der Waals surface area contributed by atoms with Gasteiger partial charge in [-0.05, 0) is 24.7 Å². The van der Waals surface area contributed by atoms with Crippen LogP contribution in [0.3, 0.4) is 0 Å². The second kappa shape index (κ2) is 6.04. The zero-order chi connectivity index (χ0) is 13.9. The van der Waals surface area contributed by atoms with Crippen LogP contribution in [-0.2, 0) is 13.0 Å². The Balaban J connectivity index is 2.12. The predicted octanol–water partition coefficient (Wildman–Crippen LogP) is 2.81. The van der Waals surface area contributed by atoms with E-state index in [1.807, 2.05) is 4.68 Å². The number of hydrogen-bond acceptors (Lipinski definition) is 3. The van der Waals surface area contributed by atoms with E-state index in [0.29, 0.717) is 18.3 Å². The number of aliphatic hydroxyl groups is 1. The Labute approximate surface area is 116 Å². The molecule has 4 nitrogen and oxygen atoms in total. The van der Waals surface area contributed by atoms with Crippen LogP contribution in [0.2, 0.25) is 0 Å². The fraction of sp³-hybridized carbons (Fsp3) is 0.867. The van der Waals surface area contributed by atoms with Crippen LogP contribution in [0.5, 0.6) is 0 Å². The Morgan fingerprint density at radius 2 is 2.26 bits per heavy atom. The Morgan fingerprint density at radius 1 is 1.47 bits per heavy atom. The fourth-order valence-corrected chi connectivity index (χ4v) is 3.31. The molecule has 0 spiro atoms. The molecule has 1 N–H and O–H groups in total. The van der Waals surface area contributed by atoms with E-state index in [0.717, 1.165) is 38.1 Å². The summed E-state index contributed by atoms with van der Waals surface area (Å²) in [5, 5.41) is 15.3. The van der Waals surface area contributed by atoms with Crippen LogP contribution in [0, 0.1) is 11.8 Å². The third kappa shape index (κ3) is 3.35. The van der Waals surface area contributed by atoms with Crippen molar-refractivity contribution in [3.8, 4) is 0 Å². The largest absolute Gasteiger partial charge is 0.389 e. The van der Waals surface area contributed by atoms with Crippen LogP contribution < -0.4 is 0 Å². The lowest BCUT2D eigenvalue weighted by Crippen LogP contribution is -2.43. The van der Waals surface area contributed by atoms with Gasteiger partial charge in [-0.2, -0.15) is 5.10 Å². The van der Waals surface area contributed by atoms with Gasteiger partial charge in [-0.3, -0.25) is 0 Å². The van der Waals surface area contributed by atoms with Crippen LogP contribution in [0.15, 0.2) is 6.33 Å². The minimum absolute atomic E-state index is 0.408. The van der Waals surface area contributed by atoms with Crippen molar-refractivity contribution < 1.29 is 5.11 Å². The van der Waals surface area contributed by atoms with Crippen molar-refractivity contribution in [1.29, 1.82) is 0 Å². The molecule has 0 aliphatic heterocycles. The van der Waals surface area contributed by atoms with E-state index < -0.39 is 5.60 Å². The minimum atomic E-state index is -0.575. The van der Waals surface area contributed by atoms with E-state index in [9.17, 15) is 5.11 Å². The fourth-order valence-electron chi connectivity index (χ4n) is 3.31. The van der Waals surface area contributed by atoms with Gasteiger partial charge in [0.2, 0.25) is 0 Å². The number of nitrogens with zero attached hydrogens (tertiary/aromatic N) is 3. The van der Waals surface area contributed by atoms with E-state index in [2.05, 4.69) is 30.9 Å². The van der Waals surface area contributed by atoms with Crippen molar-refractivity contribution in [3.05, 3.63) is 12.2 Å². The monoisotopic (exact) mass is 265 g/mol. The van der Waals surface area contributed by atoms with Crippen molar-refractivity contribution in [3.63, 3.8) is 0 Å². The summed E-state index contributed by atoms with van der Waals surface area (Å²) in [6.07, 6.45) is 7.74. The van der Waals surface area contributed by atoms with Crippen molar-refractivity contribution in [2.24, 2.45) is 11.8 Å². The molecule has 0 bridgehead atoms. The second-order valence-electron chi connectivity index (χ2n) is 6.38. The van der Waals surface area contributed by atoms with Crippen LogP contribution in [0.1, 0.15) is 58.7 Å². The first-order valence-corrected chi connectivity index (χ1v) is 7.64. The molecule has 1 aromatic rings. The van der Waals surface area contributed by atoms with E-state index >= 15 is 0 Å². The molecule has 1 aromatic heterocycles. The van der Waals surface area contributed by atoms with E-state index in [4.69, 9.17) is 0 Å². The van der Waals surface area contributed by atoms with Gasteiger partial charge < -0.3 is 5.11 Å². The molecule has 2 unspecified atom stereocenters. The van der Waals surface area contributed by atoms with Gasteiger partial charge in [-0.15, -0.1) is 0 Å². The highest BCUT2D eigenvalue weighted by atomic mass is 16.3. The van der Waals surface area contributed by atoms with Crippen molar-refractivity contribution >= 4 is 0 Å². The first-order chi connectivity index (χ1) is 9.05. The normalized spacial score (nSPS) is 27.9. The zero-order valence-corrected chi connectivity index (χ0v) is 12.5. The molecule has 1 heterocycles. The Morgan fingerprint density at radius 3 is 2.95 bits per heavy atom. The van der Waals surface area contributed by atoms with Crippen molar-refractivity contribution in [2.45, 2.75) is 71.4 Å². The summed E-state index contributed by atoms with van der Waals surface area (Å²) in [7, 11) is 0. The van der Waals surface area contributed by atoms with Gasteiger partial charge in [-0.1, -0.05) is 40.0 Å². The maximum absolute atomic E-state index is 11.0. The number of hydrogen-bond donors (Lipinski definition) is 1. The molecule has 1 aliphatic carbocycles. The van der Waals surface area contributed by atoms with Gasteiger partial charge in [0.1, 0.15) is 12.2 Å². The summed E-state index contributed by atoms with van der Waals surface area (Å²) in [5.74, 6) is 1.89. The SMILES string of the molecule is CCC1CCCCC1(O)Cc1ncnn1CC(C)C. The quantitative estimate of drug-likeness (QED) is 0.890. The summed E-state index contributed by atoms with van der Waals surface area (Å²) in [4.78, 5) is 4.37. The van der Waals surface area contributed by atoms with Gasteiger partial charge in [0.15, 0.2) is 0 Å². The lowest BCUT2D eigenvalue weighted by molar-refractivity contribution is -0.0513. The second-order valence-corrected chi connectivity index (χ2v) is 6.38. The standard InChI is InChI=1S/C15H27N3O/c1-4-13-7-5-6-8-15(13,19)9-14-16-11-17-18(14)10-12(2)3/h11-13,19H,4-10H2,1-3H3. The van der Waals surface area contributed by atoms with Gasteiger partial charge in [-0.25, -0.2) is 9.67 Å². The average Bonchev–Trinajstić information content (AvgIpc) is 2.76. The van der Waals surface area contributed by atoms with Crippen molar-refractivity contribution in [1.82, 2.24) is 14.8 Å². The van der Waals surface area contributed by atoms with Gasteiger partial charge in [0.05, 0.1) is 5.60 Å². The Kier molecular flexibility index (Phi) is 4.61. The average molecular weight is 265 g/mol. The summed E-state index contributed by atoms with van der Waals surface area (Å²) in [6.45, 7) is 7.41. The molecule has 0 radical (unpaired) electrons. The van der Waals surface area contributed by atoms with Crippen LogP contribution in [-0.4, -0.2) is 25.5 Å². The number of aromatic nitrogens is 3. The molecule has 108 valence electrons. The highest BCUT2D eigenvalue weighted by Crippen LogP contribution is 2.37. The van der Waals surface area contributed by atoms with Gasteiger partial charge in [0, 0.05) is 13.0 Å². The lowest BCUT2D eigenvalue weighted by atomic mass is 9.72. The molecule has 1 saturated carbocycles. The van der Waals surface area contributed by atoms with Crippen molar-refractivity contribution in [2.75, 3.05) is 0 Å². The molecule has 2 rings (SSSR count). The molecule has 0 aromatic carbocycles. The maximum Gasteiger partial charge on any atom is 0.138 e. The number of rotatable bonds is 5. The van der Waals surface area contributed by atoms with E-state index in [-0.39, 0.29) is 0 Å². The van der Waals surface area contributed by atoms with Crippen LogP contribution >= 0.6 is 0 Å². The first kappa shape index (κ1) is 14.5.